The average Bonchev–Trinajstić information content (AvgIpc) is 3.04. The zero-order chi connectivity index (χ0) is 21.7. The van der Waals surface area contributed by atoms with Gasteiger partial charge >= 0.3 is 11.9 Å². The Morgan fingerprint density at radius 1 is 0.933 bits per heavy atom. The van der Waals surface area contributed by atoms with Crippen LogP contribution < -0.4 is 5.32 Å². The van der Waals surface area contributed by atoms with Gasteiger partial charge in [-0.1, -0.05) is 62.4 Å². The molecule has 6 heteroatoms. The number of aromatic nitrogens is 1. The first-order chi connectivity index (χ1) is 14.3. The van der Waals surface area contributed by atoms with E-state index < -0.39 is 24.0 Å². The van der Waals surface area contributed by atoms with Gasteiger partial charge in [0.05, 0.1) is 0 Å². The van der Waals surface area contributed by atoms with Crippen LogP contribution in [0.2, 0.25) is 0 Å². The van der Waals surface area contributed by atoms with E-state index in [0.29, 0.717) is 13.0 Å². The van der Waals surface area contributed by atoms with Crippen molar-refractivity contribution < 1.29 is 19.8 Å². The number of carboxylic acid groups (broad SMARTS) is 2. The molecule has 3 rings (SSSR count). The minimum Gasteiger partial charge on any atom is -0.480 e. The lowest BCUT2D eigenvalue weighted by Gasteiger charge is -2.21. The molecule has 2 atom stereocenters. The van der Waals surface area contributed by atoms with Gasteiger partial charge in [-0.3, -0.25) is 14.9 Å². The number of aliphatic carboxylic acids is 2. The van der Waals surface area contributed by atoms with E-state index in [-0.39, 0.29) is 12.3 Å². The number of rotatable bonds is 10. The zero-order valence-electron chi connectivity index (χ0n) is 17.3. The summed E-state index contributed by atoms with van der Waals surface area (Å²) in [7, 11) is 0. The lowest BCUT2D eigenvalue weighted by molar-refractivity contribution is -0.142. The molecule has 158 valence electrons. The molecule has 0 saturated carbocycles. The summed E-state index contributed by atoms with van der Waals surface area (Å²) in [5, 5.41) is 23.1. The Balaban J connectivity index is 1.89. The average molecular weight is 408 g/mol. The fourth-order valence-electron chi connectivity index (χ4n) is 3.79. The lowest BCUT2D eigenvalue weighted by Crippen LogP contribution is -2.48. The fourth-order valence-corrected chi connectivity index (χ4v) is 3.79. The summed E-state index contributed by atoms with van der Waals surface area (Å²) in [5.41, 5.74) is 3.06. The van der Waals surface area contributed by atoms with Crippen LogP contribution in [0.25, 0.3) is 10.9 Å². The first kappa shape index (κ1) is 21.6. The van der Waals surface area contributed by atoms with E-state index in [2.05, 4.69) is 22.0 Å². The van der Waals surface area contributed by atoms with E-state index in [1.54, 1.807) is 0 Å². The third-order valence-corrected chi connectivity index (χ3v) is 5.20. The Morgan fingerprint density at radius 2 is 1.57 bits per heavy atom. The van der Waals surface area contributed by atoms with Gasteiger partial charge in [0.1, 0.15) is 12.1 Å². The molecule has 1 heterocycles. The topological polar surface area (TPSA) is 91.6 Å². The highest BCUT2D eigenvalue weighted by molar-refractivity contribution is 5.85. The predicted molar refractivity (Wildman–Crippen MR) is 117 cm³/mol. The lowest BCUT2D eigenvalue weighted by atomic mass is 10.0. The second-order valence-corrected chi connectivity index (χ2v) is 8.07. The molecule has 30 heavy (non-hydrogen) atoms. The fraction of sp³-hybridized carbons (Fsp3) is 0.333. The van der Waals surface area contributed by atoms with Crippen molar-refractivity contribution in [1.29, 1.82) is 0 Å². The molecule has 0 bridgehead atoms. The van der Waals surface area contributed by atoms with E-state index in [4.69, 9.17) is 0 Å². The van der Waals surface area contributed by atoms with Crippen LogP contribution in [0.3, 0.4) is 0 Å². The molecule has 3 aromatic rings. The molecule has 0 spiro atoms. The molecule has 0 saturated heterocycles. The molecule has 0 amide bonds. The van der Waals surface area contributed by atoms with Crippen molar-refractivity contribution in [1.82, 2.24) is 9.88 Å². The van der Waals surface area contributed by atoms with E-state index in [1.165, 1.54) is 0 Å². The van der Waals surface area contributed by atoms with E-state index in [1.807, 2.05) is 62.5 Å². The Kier molecular flexibility index (Phi) is 6.90. The van der Waals surface area contributed by atoms with Crippen LogP contribution in [0.4, 0.5) is 0 Å². The van der Waals surface area contributed by atoms with Gasteiger partial charge in [-0.15, -0.1) is 0 Å². The van der Waals surface area contributed by atoms with Crippen molar-refractivity contribution in [3.8, 4) is 0 Å². The van der Waals surface area contributed by atoms with E-state index in [0.717, 1.165) is 22.0 Å². The molecular formula is C24H28N2O4. The van der Waals surface area contributed by atoms with Crippen LogP contribution >= 0.6 is 0 Å². The van der Waals surface area contributed by atoms with Crippen molar-refractivity contribution >= 4 is 22.8 Å². The summed E-state index contributed by atoms with van der Waals surface area (Å²) < 4.78 is 2.11. The summed E-state index contributed by atoms with van der Waals surface area (Å²) in [6, 6.07) is 16.1. The number of hydrogen-bond acceptors (Lipinski definition) is 3. The van der Waals surface area contributed by atoms with Crippen LogP contribution in [0.5, 0.6) is 0 Å². The van der Waals surface area contributed by atoms with Crippen molar-refractivity contribution in [2.45, 2.75) is 45.3 Å². The Morgan fingerprint density at radius 3 is 2.20 bits per heavy atom. The van der Waals surface area contributed by atoms with Crippen LogP contribution in [-0.4, -0.2) is 38.8 Å². The Labute approximate surface area is 176 Å². The number of carbonyl (C=O) groups is 2. The quantitative estimate of drug-likeness (QED) is 0.475. The summed E-state index contributed by atoms with van der Waals surface area (Å²) in [6.07, 6.45) is 2.56. The van der Waals surface area contributed by atoms with Gasteiger partial charge in [0.2, 0.25) is 0 Å². The summed E-state index contributed by atoms with van der Waals surface area (Å²) >= 11 is 0. The summed E-state index contributed by atoms with van der Waals surface area (Å²) in [5.74, 6) is -1.94. The van der Waals surface area contributed by atoms with Crippen LogP contribution in [0, 0.1) is 5.92 Å². The maximum Gasteiger partial charge on any atom is 0.321 e. The van der Waals surface area contributed by atoms with E-state index >= 15 is 0 Å². The van der Waals surface area contributed by atoms with Crippen LogP contribution in [-0.2, 0) is 22.6 Å². The van der Waals surface area contributed by atoms with Gasteiger partial charge < -0.3 is 14.8 Å². The molecule has 6 nitrogen and oxygen atoms in total. The Hall–Kier alpha value is -3.12. The van der Waals surface area contributed by atoms with Crippen molar-refractivity contribution in [3.05, 3.63) is 71.9 Å². The van der Waals surface area contributed by atoms with Gasteiger partial charge in [-0.2, -0.15) is 0 Å². The number of carboxylic acids is 2. The standard InChI is InChI=1S/C24H28N2O4/c1-16(2)12-20(23(27)28)25-21(24(29)30)13-18-15-26(14-17-8-4-3-5-9-17)22-11-7-6-10-19(18)22/h3-11,15-16,20-21,25H,12-14H2,1-2H3,(H,27,28)(H,29,30). The smallest absolute Gasteiger partial charge is 0.321 e. The molecule has 0 aliphatic carbocycles. The first-order valence-corrected chi connectivity index (χ1v) is 10.2. The van der Waals surface area contributed by atoms with Gasteiger partial charge in [-0.05, 0) is 29.5 Å². The molecular weight excluding hydrogens is 380 g/mol. The molecule has 0 aliphatic rings. The minimum atomic E-state index is -1.05. The number of nitrogens with zero attached hydrogens (tertiary/aromatic N) is 1. The van der Waals surface area contributed by atoms with Gasteiger partial charge in [0, 0.05) is 30.1 Å². The molecule has 0 fully saturated rings. The normalized spacial score (nSPS) is 13.4. The first-order valence-electron chi connectivity index (χ1n) is 10.2. The SMILES string of the molecule is CC(C)CC(NC(Cc1cn(Cc2ccccc2)c2ccccc12)C(=O)O)C(=O)O. The predicted octanol–water partition coefficient (Wildman–Crippen LogP) is 3.77. The minimum absolute atomic E-state index is 0.140. The highest BCUT2D eigenvalue weighted by Gasteiger charge is 2.27. The van der Waals surface area contributed by atoms with E-state index in [9.17, 15) is 19.8 Å². The number of para-hydroxylation sites is 1. The largest absolute Gasteiger partial charge is 0.480 e. The zero-order valence-corrected chi connectivity index (χ0v) is 17.3. The van der Waals surface area contributed by atoms with Crippen molar-refractivity contribution in [2.24, 2.45) is 5.92 Å². The maximum atomic E-state index is 11.9. The molecule has 2 aromatic carbocycles. The van der Waals surface area contributed by atoms with Crippen molar-refractivity contribution in [3.63, 3.8) is 0 Å². The van der Waals surface area contributed by atoms with Crippen LogP contribution in [0.1, 0.15) is 31.4 Å². The number of benzene rings is 2. The Bertz CT molecular complexity index is 1010. The third kappa shape index (κ3) is 5.27. The maximum absolute atomic E-state index is 11.9. The highest BCUT2D eigenvalue weighted by Crippen LogP contribution is 2.24. The summed E-state index contributed by atoms with van der Waals surface area (Å²) in [4.78, 5) is 23.5. The van der Waals surface area contributed by atoms with Gasteiger partial charge in [0.15, 0.2) is 0 Å². The number of nitrogens with one attached hydrogen (secondary N) is 1. The number of hydrogen-bond donors (Lipinski definition) is 3. The number of fused-ring (bicyclic) bond motifs is 1. The van der Waals surface area contributed by atoms with Gasteiger partial charge in [0.25, 0.3) is 0 Å². The summed E-state index contributed by atoms with van der Waals surface area (Å²) in [6.45, 7) is 4.52. The van der Waals surface area contributed by atoms with Gasteiger partial charge in [-0.25, -0.2) is 0 Å². The molecule has 0 aliphatic heterocycles. The molecule has 3 N–H and O–H groups in total. The third-order valence-electron chi connectivity index (χ3n) is 5.20. The van der Waals surface area contributed by atoms with Crippen LogP contribution in [0.15, 0.2) is 60.8 Å². The highest BCUT2D eigenvalue weighted by atomic mass is 16.4. The molecule has 0 radical (unpaired) electrons. The monoisotopic (exact) mass is 408 g/mol. The molecule has 1 aromatic heterocycles. The second-order valence-electron chi connectivity index (χ2n) is 8.07. The van der Waals surface area contributed by atoms with Crippen molar-refractivity contribution in [2.75, 3.05) is 0 Å². The molecule has 2 unspecified atom stereocenters. The second kappa shape index (κ2) is 9.59.